The van der Waals surface area contributed by atoms with Gasteiger partial charge in [0.25, 0.3) is 0 Å². The van der Waals surface area contributed by atoms with E-state index in [-0.39, 0.29) is 6.04 Å². The highest BCUT2D eigenvalue weighted by Crippen LogP contribution is 2.36. The fourth-order valence-corrected chi connectivity index (χ4v) is 3.93. The highest BCUT2D eigenvalue weighted by Gasteiger charge is 2.41. The molecule has 4 heteroatoms. The number of nitrogens with one attached hydrogen (secondary N) is 2. The fraction of sp³-hybridized carbons (Fsp3) is 0.550. The van der Waals surface area contributed by atoms with E-state index in [2.05, 4.69) is 55.7 Å². The summed E-state index contributed by atoms with van der Waals surface area (Å²) in [5.41, 5.74) is 9.94. The van der Waals surface area contributed by atoms with Gasteiger partial charge in [0, 0.05) is 5.70 Å². The van der Waals surface area contributed by atoms with Crippen molar-refractivity contribution in [1.29, 1.82) is 0 Å². The zero-order valence-corrected chi connectivity index (χ0v) is 15.1. The third-order valence-electron chi connectivity index (χ3n) is 5.67. The van der Waals surface area contributed by atoms with E-state index in [4.69, 9.17) is 10.7 Å². The Labute approximate surface area is 145 Å². The lowest BCUT2D eigenvalue weighted by molar-refractivity contribution is 0.215. The van der Waals surface area contributed by atoms with E-state index in [0.29, 0.717) is 5.92 Å². The first kappa shape index (κ1) is 17.0. The maximum atomic E-state index is 6.88. The summed E-state index contributed by atoms with van der Waals surface area (Å²) in [6.45, 7) is 6.36. The summed E-state index contributed by atoms with van der Waals surface area (Å²) in [6, 6.07) is 10.5. The number of hydrogen-bond donors (Lipinski definition) is 3. The molecular formula is C20H30N4. The lowest BCUT2D eigenvalue weighted by Crippen LogP contribution is -2.67. The van der Waals surface area contributed by atoms with Crippen molar-refractivity contribution in [3.63, 3.8) is 0 Å². The molecule has 2 aliphatic rings. The quantitative estimate of drug-likeness (QED) is 0.791. The van der Waals surface area contributed by atoms with Crippen LogP contribution in [0.5, 0.6) is 0 Å². The molecule has 1 saturated carbocycles. The maximum absolute atomic E-state index is 6.88. The van der Waals surface area contributed by atoms with Gasteiger partial charge in [0.1, 0.15) is 5.66 Å². The summed E-state index contributed by atoms with van der Waals surface area (Å²) >= 11 is 0. The zero-order chi connectivity index (χ0) is 17.2. The number of rotatable bonds is 3. The number of nitrogens with two attached hydrogens (primary N) is 1. The highest BCUT2D eigenvalue weighted by atomic mass is 15.3. The molecule has 1 aliphatic heterocycles. The second-order valence-electron chi connectivity index (χ2n) is 7.27. The highest BCUT2D eigenvalue weighted by molar-refractivity contribution is 5.84. The summed E-state index contributed by atoms with van der Waals surface area (Å²) in [4.78, 5) is 4.86. The number of allylic oxidation sites excluding steroid dienone is 1. The molecule has 130 valence electrons. The van der Waals surface area contributed by atoms with Gasteiger partial charge in [0.15, 0.2) is 5.96 Å². The van der Waals surface area contributed by atoms with Crippen molar-refractivity contribution in [2.75, 3.05) is 0 Å². The van der Waals surface area contributed by atoms with Crippen LogP contribution in [-0.2, 0) is 0 Å². The molecule has 1 unspecified atom stereocenters. The van der Waals surface area contributed by atoms with Gasteiger partial charge >= 0.3 is 0 Å². The van der Waals surface area contributed by atoms with E-state index < -0.39 is 5.66 Å². The fourth-order valence-electron chi connectivity index (χ4n) is 3.93. The molecule has 24 heavy (non-hydrogen) atoms. The van der Waals surface area contributed by atoms with E-state index in [1.165, 1.54) is 43.2 Å². The Kier molecular flexibility index (Phi) is 4.95. The SMILES string of the molecule is CC1=C(C)C(N)(C2CCCCC2)NC(=N[C@@H](C)c2ccccc2)N1. The van der Waals surface area contributed by atoms with Gasteiger partial charge in [-0.05, 0) is 50.7 Å². The van der Waals surface area contributed by atoms with Crippen LogP contribution >= 0.6 is 0 Å². The second-order valence-corrected chi connectivity index (χ2v) is 7.27. The van der Waals surface area contributed by atoms with Crippen molar-refractivity contribution in [2.45, 2.75) is 64.6 Å². The zero-order valence-electron chi connectivity index (χ0n) is 15.1. The predicted molar refractivity (Wildman–Crippen MR) is 100 cm³/mol. The Morgan fingerprint density at radius 3 is 2.46 bits per heavy atom. The van der Waals surface area contributed by atoms with Gasteiger partial charge in [-0.3, -0.25) is 0 Å². The van der Waals surface area contributed by atoms with Crippen LogP contribution in [0.4, 0.5) is 0 Å². The third-order valence-corrected chi connectivity index (χ3v) is 5.67. The summed E-state index contributed by atoms with van der Waals surface area (Å²) in [5, 5.41) is 6.94. The molecule has 4 N–H and O–H groups in total. The first-order valence-electron chi connectivity index (χ1n) is 9.15. The molecule has 1 aliphatic carbocycles. The number of nitrogens with zero attached hydrogens (tertiary/aromatic N) is 1. The van der Waals surface area contributed by atoms with E-state index >= 15 is 0 Å². The molecule has 1 heterocycles. The van der Waals surface area contributed by atoms with Crippen molar-refractivity contribution in [3.05, 3.63) is 47.2 Å². The molecule has 0 spiro atoms. The first-order chi connectivity index (χ1) is 11.5. The van der Waals surface area contributed by atoms with Gasteiger partial charge < -0.3 is 16.4 Å². The maximum Gasteiger partial charge on any atom is 0.197 e. The van der Waals surface area contributed by atoms with Crippen LogP contribution < -0.4 is 16.4 Å². The van der Waals surface area contributed by atoms with Crippen LogP contribution in [0.25, 0.3) is 0 Å². The summed E-state index contributed by atoms with van der Waals surface area (Å²) in [5.74, 6) is 1.27. The van der Waals surface area contributed by atoms with Gasteiger partial charge in [0.05, 0.1) is 6.04 Å². The summed E-state index contributed by atoms with van der Waals surface area (Å²) in [7, 11) is 0. The molecule has 2 atom stereocenters. The van der Waals surface area contributed by atoms with Crippen LogP contribution in [-0.4, -0.2) is 11.6 Å². The second kappa shape index (κ2) is 6.98. The largest absolute Gasteiger partial charge is 0.334 e. The van der Waals surface area contributed by atoms with Crippen molar-refractivity contribution < 1.29 is 0 Å². The monoisotopic (exact) mass is 326 g/mol. The Bertz CT molecular complexity index is 628. The van der Waals surface area contributed by atoms with Crippen LogP contribution in [0.3, 0.4) is 0 Å². The average molecular weight is 326 g/mol. The van der Waals surface area contributed by atoms with Crippen LogP contribution in [0.1, 0.15) is 64.5 Å². The standard InChI is InChI=1S/C20H30N4/c1-14-15(2)22-19(23-16(3)17-10-6-4-7-11-17)24-20(14,21)18-12-8-5-9-13-18/h4,6-7,10-11,16,18H,5,8-9,12-13,21H2,1-3H3,(H2,22,23,24)/t16-,20?/m0/s1. The molecule has 0 saturated heterocycles. The van der Waals surface area contributed by atoms with E-state index in [9.17, 15) is 0 Å². The van der Waals surface area contributed by atoms with Crippen molar-refractivity contribution in [3.8, 4) is 0 Å². The van der Waals surface area contributed by atoms with Crippen molar-refractivity contribution in [1.82, 2.24) is 10.6 Å². The van der Waals surface area contributed by atoms with Gasteiger partial charge in [-0.25, -0.2) is 4.99 Å². The first-order valence-corrected chi connectivity index (χ1v) is 9.15. The molecule has 0 aromatic heterocycles. The smallest absolute Gasteiger partial charge is 0.197 e. The minimum atomic E-state index is -0.481. The number of benzene rings is 1. The minimum absolute atomic E-state index is 0.0861. The van der Waals surface area contributed by atoms with Gasteiger partial charge in [0.2, 0.25) is 0 Å². The van der Waals surface area contributed by atoms with Crippen LogP contribution in [0.2, 0.25) is 0 Å². The normalized spacial score (nSPS) is 28.4. The lowest BCUT2D eigenvalue weighted by atomic mass is 9.76. The van der Waals surface area contributed by atoms with E-state index in [0.717, 1.165) is 11.7 Å². The van der Waals surface area contributed by atoms with E-state index in [1.54, 1.807) is 0 Å². The summed E-state index contributed by atoms with van der Waals surface area (Å²) < 4.78 is 0. The molecule has 1 aromatic carbocycles. The molecule has 1 aromatic rings. The Morgan fingerprint density at radius 1 is 1.12 bits per heavy atom. The van der Waals surface area contributed by atoms with Crippen LogP contribution in [0.15, 0.2) is 46.6 Å². The van der Waals surface area contributed by atoms with Gasteiger partial charge in [-0.15, -0.1) is 0 Å². The lowest BCUT2D eigenvalue weighted by Gasteiger charge is -2.45. The molecule has 3 rings (SSSR count). The van der Waals surface area contributed by atoms with E-state index in [1.807, 2.05) is 6.07 Å². The molecule has 1 fully saturated rings. The summed E-state index contributed by atoms with van der Waals surface area (Å²) in [6.07, 6.45) is 6.26. The third kappa shape index (κ3) is 3.34. The van der Waals surface area contributed by atoms with Gasteiger partial charge in [-0.2, -0.15) is 0 Å². The molecule has 0 radical (unpaired) electrons. The average Bonchev–Trinajstić information content (AvgIpc) is 2.61. The Morgan fingerprint density at radius 2 is 1.79 bits per heavy atom. The number of guanidine groups is 1. The number of hydrogen-bond acceptors (Lipinski definition) is 2. The minimum Gasteiger partial charge on any atom is -0.334 e. The van der Waals surface area contributed by atoms with Crippen molar-refractivity contribution in [2.24, 2.45) is 16.6 Å². The number of aliphatic imine (C=N–C) groups is 1. The Hall–Kier alpha value is -1.81. The van der Waals surface area contributed by atoms with Gasteiger partial charge in [-0.1, -0.05) is 49.6 Å². The molecule has 4 nitrogen and oxygen atoms in total. The van der Waals surface area contributed by atoms with Crippen LogP contribution in [0, 0.1) is 5.92 Å². The topological polar surface area (TPSA) is 62.4 Å². The molecule has 0 amide bonds. The van der Waals surface area contributed by atoms with Crippen molar-refractivity contribution >= 4 is 5.96 Å². The molecule has 0 bridgehead atoms. The Balaban J connectivity index is 1.85. The molecular weight excluding hydrogens is 296 g/mol. The predicted octanol–water partition coefficient (Wildman–Crippen LogP) is 3.83.